The van der Waals surface area contributed by atoms with Crippen molar-refractivity contribution in [1.29, 1.82) is 0 Å². The van der Waals surface area contributed by atoms with Crippen LogP contribution in [0.25, 0.3) is 0 Å². The Morgan fingerprint density at radius 2 is 2.24 bits per heavy atom. The van der Waals surface area contributed by atoms with Gasteiger partial charge in [0, 0.05) is 18.2 Å². The summed E-state index contributed by atoms with van der Waals surface area (Å²) in [5.74, 6) is -0.0381. The van der Waals surface area contributed by atoms with E-state index in [9.17, 15) is 14.7 Å². The van der Waals surface area contributed by atoms with Crippen molar-refractivity contribution < 1.29 is 9.84 Å². The molecule has 2 N–H and O–H groups in total. The summed E-state index contributed by atoms with van der Waals surface area (Å²) in [6.45, 7) is 3.85. The molecule has 17 heavy (non-hydrogen) atoms. The molecule has 0 saturated carbocycles. The fourth-order valence-corrected chi connectivity index (χ4v) is 2.19. The van der Waals surface area contributed by atoms with Crippen LogP contribution in [0.2, 0.25) is 0 Å². The Bertz CT molecular complexity index is 507. The quantitative estimate of drug-likeness (QED) is 0.752. The van der Waals surface area contributed by atoms with E-state index in [0.29, 0.717) is 0 Å². The van der Waals surface area contributed by atoms with Crippen molar-refractivity contribution in [2.24, 2.45) is 5.92 Å². The molecule has 1 saturated heterocycles. The standard InChI is InChI=1S/C11H16N2O4/c1-3-7-6(2)9(15)10(17-7)13-5-4-8(14)12-11(13)16/h4-7,9-10,15H,3H2,1-2H3,(H,12,14,16)/t6?,7-,9?,10-/m0/s1. The predicted octanol–water partition coefficient (Wildman–Crippen LogP) is -0.159. The number of nitrogens with one attached hydrogen (secondary N) is 1. The average molecular weight is 240 g/mol. The third kappa shape index (κ3) is 2.05. The maximum Gasteiger partial charge on any atom is 0.330 e. The number of aromatic nitrogens is 2. The van der Waals surface area contributed by atoms with E-state index in [1.54, 1.807) is 0 Å². The molecule has 1 aliphatic heterocycles. The number of hydrogen-bond acceptors (Lipinski definition) is 4. The van der Waals surface area contributed by atoms with Crippen molar-refractivity contribution in [3.63, 3.8) is 0 Å². The molecule has 0 aliphatic carbocycles. The molecule has 1 aromatic rings. The minimum Gasteiger partial charge on any atom is -0.388 e. The second-order valence-corrected chi connectivity index (χ2v) is 4.34. The van der Waals surface area contributed by atoms with Gasteiger partial charge in [-0.25, -0.2) is 4.79 Å². The van der Waals surface area contributed by atoms with E-state index >= 15 is 0 Å². The van der Waals surface area contributed by atoms with Crippen LogP contribution < -0.4 is 11.2 Å². The largest absolute Gasteiger partial charge is 0.388 e. The van der Waals surface area contributed by atoms with Crippen LogP contribution in [0.1, 0.15) is 26.5 Å². The van der Waals surface area contributed by atoms with Gasteiger partial charge in [0.15, 0.2) is 6.23 Å². The van der Waals surface area contributed by atoms with Crippen LogP contribution in [0, 0.1) is 5.92 Å². The molecule has 0 aromatic carbocycles. The van der Waals surface area contributed by atoms with Crippen molar-refractivity contribution in [2.75, 3.05) is 0 Å². The third-order valence-electron chi connectivity index (χ3n) is 3.26. The van der Waals surface area contributed by atoms with E-state index in [-0.39, 0.29) is 12.0 Å². The first-order valence-electron chi connectivity index (χ1n) is 5.69. The molecule has 94 valence electrons. The second-order valence-electron chi connectivity index (χ2n) is 4.34. The fraction of sp³-hybridized carbons (Fsp3) is 0.636. The number of ether oxygens (including phenoxy) is 1. The molecule has 1 aliphatic rings. The number of aromatic amines is 1. The van der Waals surface area contributed by atoms with Crippen LogP contribution in [0.4, 0.5) is 0 Å². The van der Waals surface area contributed by atoms with Gasteiger partial charge in [0.25, 0.3) is 5.56 Å². The van der Waals surface area contributed by atoms with Gasteiger partial charge in [-0.15, -0.1) is 0 Å². The summed E-state index contributed by atoms with van der Waals surface area (Å²) >= 11 is 0. The number of rotatable bonds is 2. The van der Waals surface area contributed by atoms with Gasteiger partial charge in [-0.2, -0.15) is 0 Å². The highest BCUT2D eigenvalue weighted by Gasteiger charge is 2.41. The third-order valence-corrected chi connectivity index (χ3v) is 3.26. The van der Waals surface area contributed by atoms with E-state index < -0.39 is 23.6 Å². The molecule has 0 spiro atoms. The maximum atomic E-state index is 11.6. The van der Waals surface area contributed by atoms with Crippen LogP contribution in [-0.2, 0) is 4.74 Å². The van der Waals surface area contributed by atoms with Gasteiger partial charge in [0.1, 0.15) is 6.10 Å². The van der Waals surface area contributed by atoms with Gasteiger partial charge < -0.3 is 9.84 Å². The lowest BCUT2D eigenvalue weighted by atomic mass is 9.99. The highest BCUT2D eigenvalue weighted by Crippen LogP contribution is 2.33. The number of aliphatic hydroxyl groups is 1. The monoisotopic (exact) mass is 240 g/mol. The van der Waals surface area contributed by atoms with Gasteiger partial charge >= 0.3 is 5.69 Å². The average Bonchev–Trinajstić information content (AvgIpc) is 2.57. The summed E-state index contributed by atoms with van der Waals surface area (Å²) < 4.78 is 6.85. The zero-order valence-corrected chi connectivity index (χ0v) is 9.79. The number of H-pyrrole nitrogens is 1. The summed E-state index contributed by atoms with van der Waals surface area (Å²) in [6.07, 6.45) is 0.573. The Hall–Kier alpha value is -1.40. The Kier molecular flexibility index (Phi) is 3.17. The first-order valence-corrected chi connectivity index (χ1v) is 5.69. The number of hydrogen-bond donors (Lipinski definition) is 2. The van der Waals surface area contributed by atoms with Crippen LogP contribution in [0.3, 0.4) is 0 Å². The SMILES string of the molecule is CC[C@@H]1O[C@H](n2ccc(=O)[nH]c2=O)C(O)C1C. The highest BCUT2D eigenvalue weighted by atomic mass is 16.5. The summed E-state index contributed by atoms with van der Waals surface area (Å²) in [5, 5.41) is 10.0. The zero-order valence-electron chi connectivity index (χ0n) is 9.79. The molecule has 0 bridgehead atoms. The minimum absolute atomic E-state index is 0.0381. The molecule has 6 nitrogen and oxygen atoms in total. The minimum atomic E-state index is -0.747. The fourth-order valence-electron chi connectivity index (χ4n) is 2.19. The smallest absolute Gasteiger partial charge is 0.330 e. The van der Waals surface area contributed by atoms with E-state index in [4.69, 9.17) is 4.74 Å². The van der Waals surface area contributed by atoms with E-state index in [2.05, 4.69) is 4.98 Å². The number of aliphatic hydroxyl groups excluding tert-OH is 1. The molecule has 0 radical (unpaired) electrons. The Morgan fingerprint density at radius 1 is 1.53 bits per heavy atom. The van der Waals surface area contributed by atoms with Crippen LogP contribution in [0.15, 0.2) is 21.9 Å². The van der Waals surface area contributed by atoms with Crippen molar-refractivity contribution in [2.45, 2.75) is 38.7 Å². The molecule has 1 fully saturated rings. The lowest BCUT2D eigenvalue weighted by molar-refractivity contribution is -0.0404. The molecule has 2 rings (SSSR count). The van der Waals surface area contributed by atoms with E-state index in [1.165, 1.54) is 16.8 Å². The maximum absolute atomic E-state index is 11.6. The van der Waals surface area contributed by atoms with Crippen molar-refractivity contribution in [1.82, 2.24) is 9.55 Å². The molecule has 4 atom stereocenters. The summed E-state index contributed by atoms with van der Waals surface area (Å²) in [4.78, 5) is 24.7. The van der Waals surface area contributed by atoms with Gasteiger partial charge in [-0.3, -0.25) is 14.3 Å². The van der Waals surface area contributed by atoms with Crippen molar-refractivity contribution in [3.05, 3.63) is 33.1 Å². The van der Waals surface area contributed by atoms with E-state index in [1.807, 2.05) is 13.8 Å². The predicted molar refractivity (Wildman–Crippen MR) is 60.7 cm³/mol. The van der Waals surface area contributed by atoms with Gasteiger partial charge in [-0.1, -0.05) is 13.8 Å². The number of nitrogens with zero attached hydrogens (tertiary/aromatic N) is 1. The molecule has 2 unspecified atom stereocenters. The Labute approximate surface area is 97.9 Å². The van der Waals surface area contributed by atoms with Gasteiger partial charge in [0.2, 0.25) is 0 Å². The second kappa shape index (κ2) is 4.46. The summed E-state index contributed by atoms with van der Waals surface area (Å²) in [5.41, 5.74) is -1.02. The molecular formula is C11H16N2O4. The molecule has 0 amide bonds. The zero-order chi connectivity index (χ0) is 12.6. The Balaban J connectivity index is 2.35. The normalized spacial score (nSPS) is 32.9. The summed E-state index contributed by atoms with van der Waals surface area (Å²) in [6, 6.07) is 1.24. The molecular weight excluding hydrogens is 224 g/mol. The highest BCUT2D eigenvalue weighted by molar-refractivity contribution is 4.91. The lowest BCUT2D eigenvalue weighted by Crippen LogP contribution is -2.35. The molecule has 2 heterocycles. The van der Waals surface area contributed by atoms with Crippen molar-refractivity contribution in [3.8, 4) is 0 Å². The Morgan fingerprint density at radius 3 is 2.76 bits per heavy atom. The van der Waals surface area contributed by atoms with Crippen LogP contribution >= 0.6 is 0 Å². The van der Waals surface area contributed by atoms with Gasteiger partial charge in [-0.05, 0) is 6.42 Å². The molecule has 6 heteroatoms. The topological polar surface area (TPSA) is 84.3 Å². The van der Waals surface area contributed by atoms with Crippen LogP contribution in [0.5, 0.6) is 0 Å². The summed E-state index contributed by atoms with van der Waals surface area (Å²) in [7, 11) is 0. The first kappa shape index (κ1) is 12.1. The van der Waals surface area contributed by atoms with Crippen molar-refractivity contribution >= 4 is 0 Å². The first-order chi connectivity index (χ1) is 8.04. The van der Waals surface area contributed by atoms with Gasteiger partial charge in [0.05, 0.1) is 6.10 Å². The van der Waals surface area contributed by atoms with Crippen LogP contribution in [-0.4, -0.2) is 26.9 Å². The lowest BCUT2D eigenvalue weighted by Gasteiger charge is -2.17. The molecule has 1 aromatic heterocycles. The van der Waals surface area contributed by atoms with E-state index in [0.717, 1.165) is 6.42 Å².